The molecule has 0 atom stereocenters. The SMILES string of the molecule is CN=Cc1[c-]cccc1.Cc1c(C)c(C)[c-](C)c1C.[C-]#[N+]C(C)(C)C.[Cl-].[Ir].[OH3+]. The van der Waals surface area contributed by atoms with Crippen molar-refractivity contribution in [2.75, 3.05) is 7.05 Å². The van der Waals surface area contributed by atoms with Gasteiger partial charge in [0.25, 0.3) is 0 Å². The van der Waals surface area contributed by atoms with E-state index in [1.165, 1.54) is 27.8 Å². The maximum atomic E-state index is 6.48. The molecule has 0 aliphatic rings. The molecule has 0 unspecified atom stereocenters. The average Bonchev–Trinajstić information content (AvgIpc) is 2.75. The first-order valence-electron chi connectivity index (χ1n) is 8.52. The summed E-state index contributed by atoms with van der Waals surface area (Å²) in [7, 11) is 1.75. The first kappa shape index (κ1) is 34.2. The number of hydrogen-bond acceptors (Lipinski definition) is 1. The van der Waals surface area contributed by atoms with E-state index in [-0.39, 0.29) is 43.5 Å². The van der Waals surface area contributed by atoms with Crippen molar-refractivity contribution in [2.24, 2.45) is 4.99 Å². The van der Waals surface area contributed by atoms with Crippen LogP contribution in [0.3, 0.4) is 0 Å². The van der Waals surface area contributed by atoms with Crippen LogP contribution in [0.5, 0.6) is 0 Å². The first-order valence-corrected chi connectivity index (χ1v) is 8.52. The Morgan fingerprint density at radius 1 is 1.07 bits per heavy atom. The van der Waals surface area contributed by atoms with Gasteiger partial charge >= 0.3 is 0 Å². The topological polar surface area (TPSA) is 49.7 Å². The van der Waals surface area contributed by atoms with Crippen molar-refractivity contribution < 1.29 is 38.0 Å². The summed E-state index contributed by atoms with van der Waals surface area (Å²) in [4.78, 5) is 7.12. The van der Waals surface area contributed by atoms with Crippen LogP contribution in [0.15, 0.2) is 29.3 Å². The van der Waals surface area contributed by atoms with E-state index in [1.807, 2.05) is 45.0 Å². The van der Waals surface area contributed by atoms with E-state index >= 15 is 0 Å². The predicted molar refractivity (Wildman–Crippen MR) is 116 cm³/mol. The Morgan fingerprint density at radius 3 is 1.71 bits per heavy atom. The van der Waals surface area contributed by atoms with E-state index in [9.17, 15) is 0 Å². The normalized spacial score (nSPS) is 9.29. The third-order valence-corrected chi connectivity index (χ3v) is 4.15. The first-order chi connectivity index (χ1) is 11.5. The minimum Gasteiger partial charge on any atom is -1.00 e. The summed E-state index contributed by atoms with van der Waals surface area (Å²) in [6, 6.07) is 10.8. The van der Waals surface area contributed by atoms with Crippen molar-refractivity contribution in [3.8, 4) is 0 Å². The molecule has 0 heterocycles. The fourth-order valence-corrected chi connectivity index (χ4v) is 2.03. The molecule has 2 aromatic rings. The minimum atomic E-state index is -0.167. The summed E-state index contributed by atoms with van der Waals surface area (Å²) in [5, 5.41) is 0. The zero-order valence-corrected chi connectivity index (χ0v) is 21.7. The Balaban J connectivity index is -0.000000151. The predicted octanol–water partition coefficient (Wildman–Crippen LogP) is 2.27. The zero-order valence-electron chi connectivity index (χ0n) is 18.6. The van der Waals surface area contributed by atoms with E-state index in [0.717, 1.165) is 5.56 Å². The summed E-state index contributed by atoms with van der Waals surface area (Å²) < 4.78 is 0. The Kier molecular flexibility index (Phi) is 20.2. The average molecular weight is 583 g/mol. The standard InChI is InChI=1S/C10H15.C8H8N.C5H9N.ClH.Ir.H2O/c1-6-7(2)9(4)10(5)8(6)3;1-9-7-8-5-3-2-4-6-8;1-5(2,3)6-4;;;/h1-5H3;2-5,7H,1H3;1-3H3;1H;;1H2/q2*-1;;;;. The molecule has 0 aliphatic carbocycles. The summed E-state index contributed by atoms with van der Waals surface area (Å²) >= 11 is 0. The molecule has 1 radical (unpaired) electrons. The van der Waals surface area contributed by atoms with Gasteiger partial charge in [-0.3, -0.25) is 0 Å². The van der Waals surface area contributed by atoms with Gasteiger partial charge in [0.05, 0.1) is 0 Å². The molecule has 28 heavy (non-hydrogen) atoms. The molecule has 0 aliphatic heterocycles. The van der Waals surface area contributed by atoms with Crippen LogP contribution in [0.1, 0.15) is 54.2 Å². The van der Waals surface area contributed by atoms with Crippen LogP contribution in [0, 0.1) is 47.3 Å². The van der Waals surface area contributed by atoms with E-state index in [2.05, 4.69) is 50.5 Å². The molecule has 5 heteroatoms. The molecule has 0 bridgehead atoms. The number of halogens is 1. The van der Waals surface area contributed by atoms with Crippen LogP contribution >= 0.6 is 0 Å². The van der Waals surface area contributed by atoms with Gasteiger partial charge < -0.3 is 27.7 Å². The second kappa shape index (κ2) is 16.6. The van der Waals surface area contributed by atoms with Crippen LogP contribution in [-0.2, 0) is 25.6 Å². The fraction of sp³-hybridized carbons (Fsp3) is 0.435. The molecule has 3 nitrogen and oxygen atoms in total. The van der Waals surface area contributed by atoms with Gasteiger partial charge in [0.15, 0.2) is 0 Å². The van der Waals surface area contributed by atoms with Gasteiger partial charge in [0, 0.05) is 47.9 Å². The number of hydrogen-bond donors (Lipinski definition) is 0. The van der Waals surface area contributed by atoms with Crippen LogP contribution < -0.4 is 12.4 Å². The van der Waals surface area contributed by atoms with Gasteiger partial charge in [-0.15, -0.1) is 35.9 Å². The Hall–Kier alpha value is -1.37. The number of rotatable bonds is 1. The van der Waals surface area contributed by atoms with Crippen LogP contribution in [0.2, 0.25) is 0 Å². The Bertz CT molecular complexity index is 643. The summed E-state index contributed by atoms with van der Waals surface area (Å²) in [6.07, 6.45) is 1.78. The largest absolute Gasteiger partial charge is 1.00 e. The third-order valence-electron chi connectivity index (χ3n) is 4.15. The molecule has 0 spiro atoms. The molecular weight excluding hydrogens is 548 g/mol. The fourth-order valence-electron chi connectivity index (χ4n) is 2.03. The molecule has 0 saturated carbocycles. The monoisotopic (exact) mass is 583 g/mol. The van der Waals surface area contributed by atoms with Crippen molar-refractivity contribution in [1.82, 2.24) is 0 Å². The van der Waals surface area contributed by atoms with Crippen LogP contribution in [0.25, 0.3) is 4.85 Å². The summed E-state index contributed by atoms with van der Waals surface area (Å²) in [5.74, 6) is 0. The van der Waals surface area contributed by atoms with Crippen molar-refractivity contribution in [2.45, 2.75) is 60.9 Å². The molecule has 161 valence electrons. The molecule has 0 fully saturated rings. The van der Waals surface area contributed by atoms with E-state index in [1.54, 1.807) is 13.3 Å². The van der Waals surface area contributed by atoms with E-state index < -0.39 is 0 Å². The minimum absolute atomic E-state index is 0. The molecule has 0 amide bonds. The van der Waals surface area contributed by atoms with Crippen LogP contribution in [-0.4, -0.2) is 18.8 Å². The molecule has 2 rings (SSSR count). The van der Waals surface area contributed by atoms with Gasteiger partial charge in [-0.2, -0.15) is 27.8 Å². The number of benzene rings is 1. The second-order valence-electron chi connectivity index (χ2n) is 7.11. The van der Waals surface area contributed by atoms with Gasteiger partial charge in [-0.05, 0) is 0 Å². The molecule has 3 N–H and O–H groups in total. The number of aliphatic imine (C=N–C) groups is 1. The van der Waals surface area contributed by atoms with Gasteiger partial charge in [-0.25, -0.2) is 6.57 Å². The molecule has 0 aromatic heterocycles. The molecular formula is C23H35ClIrN2O-2. The Morgan fingerprint density at radius 2 is 1.50 bits per heavy atom. The van der Waals surface area contributed by atoms with Crippen LogP contribution in [0.4, 0.5) is 0 Å². The van der Waals surface area contributed by atoms with Crippen molar-refractivity contribution in [3.05, 3.63) is 75.1 Å². The number of nitrogens with zero attached hydrogens (tertiary/aromatic N) is 2. The maximum absolute atomic E-state index is 6.48. The summed E-state index contributed by atoms with van der Waals surface area (Å²) in [5.41, 5.74) is 8.20. The molecule has 2 aromatic carbocycles. The van der Waals surface area contributed by atoms with Crippen molar-refractivity contribution in [3.63, 3.8) is 0 Å². The second-order valence-corrected chi connectivity index (χ2v) is 7.11. The zero-order chi connectivity index (χ0) is 19.6. The van der Waals surface area contributed by atoms with Gasteiger partial charge in [-0.1, -0.05) is 40.8 Å². The van der Waals surface area contributed by atoms with Crippen molar-refractivity contribution >= 4 is 6.21 Å². The quantitative estimate of drug-likeness (QED) is 0.281. The van der Waals surface area contributed by atoms with E-state index in [4.69, 9.17) is 6.57 Å². The van der Waals surface area contributed by atoms with Gasteiger partial charge in [0.2, 0.25) is 5.54 Å². The summed E-state index contributed by atoms with van der Waals surface area (Å²) in [6.45, 7) is 23.1. The molecule has 0 saturated heterocycles. The van der Waals surface area contributed by atoms with Crippen molar-refractivity contribution in [1.29, 1.82) is 0 Å². The van der Waals surface area contributed by atoms with E-state index in [0.29, 0.717) is 0 Å². The maximum Gasteiger partial charge on any atom is 0.224 e. The Labute approximate surface area is 191 Å². The third kappa shape index (κ3) is 12.9. The van der Waals surface area contributed by atoms with Gasteiger partial charge in [0.1, 0.15) is 0 Å². The smallest absolute Gasteiger partial charge is 0.224 e.